The van der Waals surface area contributed by atoms with Gasteiger partial charge in [-0.1, -0.05) is 0 Å². The number of hydrogen-bond acceptors (Lipinski definition) is 5. The number of carboxylic acids is 1. The number of rotatable bonds is 5. The summed E-state index contributed by atoms with van der Waals surface area (Å²) in [6.45, 7) is -0.102. The molecule has 1 fully saturated rings. The second kappa shape index (κ2) is 4.89. The Labute approximate surface area is 117 Å². The van der Waals surface area contributed by atoms with E-state index in [4.69, 9.17) is 9.52 Å². The predicted molar refractivity (Wildman–Crippen MR) is 67.4 cm³/mol. The van der Waals surface area contributed by atoms with Crippen LogP contribution in [0.3, 0.4) is 0 Å². The van der Waals surface area contributed by atoms with Crippen molar-refractivity contribution in [1.82, 2.24) is 4.72 Å². The zero-order valence-corrected chi connectivity index (χ0v) is 12.1. The summed E-state index contributed by atoms with van der Waals surface area (Å²) in [6, 6.07) is 0.916. The molecule has 0 amide bonds. The van der Waals surface area contributed by atoms with Crippen LogP contribution in [0.15, 0.2) is 20.0 Å². The minimum Gasteiger partial charge on any atom is -0.475 e. The first-order valence-electron chi connectivity index (χ1n) is 5.48. The van der Waals surface area contributed by atoms with Crippen molar-refractivity contribution in [2.45, 2.75) is 29.8 Å². The smallest absolute Gasteiger partial charge is 0.371 e. The van der Waals surface area contributed by atoms with E-state index in [0.29, 0.717) is 12.8 Å². The molecule has 106 valence electrons. The quantitative estimate of drug-likeness (QED) is 0.724. The predicted octanol–water partition coefficient (Wildman–Crippen LogP) is 0.934. The Kier molecular flexibility index (Phi) is 3.74. The third-order valence-corrected chi connectivity index (χ3v) is 5.29. The average Bonchev–Trinajstić information content (AvgIpc) is 2.67. The molecular weight excluding hydrogens is 342 g/mol. The van der Waals surface area contributed by atoms with Gasteiger partial charge < -0.3 is 14.6 Å². The van der Waals surface area contributed by atoms with Gasteiger partial charge in [-0.3, -0.25) is 0 Å². The highest BCUT2D eigenvalue weighted by atomic mass is 79.9. The molecule has 0 radical (unpaired) electrons. The van der Waals surface area contributed by atoms with E-state index in [1.54, 1.807) is 0 Å². The van der Waals surface area contributed by atoms with Crippen molar-refractivity contribution < 1.29 is 27.8 Å². The Morgan fingerprint density at radius 3 is 2.58 bits per heavy atom. The SMILES string of the molecule is O=C(O)c1cc(S(=O)(=O)NCC2(O)CCC2)c(Br)o1. The molecule has 0 aromatic carbocycles. The number of aromatic carboxylic acids is 1. The van der Waals surface area contributed by atoms with Crippen LogP contribution < -0.4 is 4.72 Å². The van der Waals surface area contributed by atoms with Crippen LogP contribution >= 0.6 is 15.9 Å². The largest absolute Gasteiger partial charge is 0.475 e. The fourth-order valence-electron chi connectivity index (χ4n) is 1.71. The monoisotopic (exact) mass is 353 g/mol. The molecular formula is C10H12BrNO6S. The van der Waals surface area contributed by atoms with Crippen LogP contribution in [0.1, 0.15) is 29.8 Å². The number of furan rings is 1. The molecule has 19 heavy (non-hydrogen) atoms. The molecule has 2 rings (SSSR count). The summed E-state index contributed by atoms with van der Waals surface area (Å²) in [5.74, 6) is -1.84. The number of halogens is 1. The minimum absolute atomic E-state index is 0.102. The standard InChI is InChI=1S/C10H12BrNO6S/c11-8-7(4-6(18-8)9(13)14)19(16,17)12-5-10(15)2-1-3-10/h4,12,15H,1-3,5H2,(H,13,14). The van der Waals surface area contributed by atoms with Gasteiger partial charge >= 0.3 is 5.97 Å². The molecule has 9 heteroatoms. The zero-order valence-electron chi connectivity index (χ0n) is 9.72. The van der Waals surface area contributed by atoms with Crippen LogP contribution in [0.2, 0.25) is 0 Å². The molecule has 1 aromatic rings. The highest BCUT2D eigenvalue weighted by Crippen LogP contribution is 2.32. The van der Waals surface area contributed by atoms with Crippen molar-refractivity contribution in [1.29, 1.82) is 0 Å². The summed E-state index contributed by atoms with van der Waals surface area (Å²) in [5, 5.41) is 18.6. The molecule has 0 atom stereocenters. The molecule has 3 N–H and O–H groups in total. The normalized spacial score (nSPS) is 18.0. The van der Waals surface area contributed by atoms with Crippen LogP contribution in [-0.4, -0.2) is 36.7 Å². The van der Waals surface area contributed by atoms with Crippen molar-refractivity contribution in [2.24, 2.45) is 0 Å². The highest BCUT2D eigenvalue weighted by Gasteiger charge is 2.36. The first kappa shape index (κ1) is 14.5. The van der Waals surface area contributed by atoms with Crippen LogP contribution in [0, 0.1) is 0 Å². The fourth-order valence-corrected chi connectivity index (χ4v) is 3.77. The summed E-state index contributed by atoms with van der Waals surface area (Å²) in [6.07, 6.45) is 1.95. The minimum atomic E-state index is -3.93. The van der Waals surface area contributed by atoms with Gasteiger partial charge in [0.05, 0.1) is 5.60 Å². The van der Waals surface area contributed by atoms with Crippen LogP contribution in [-0.2, 0) is 10.0 Å². The summed E-state index contributed by atoms with van der Waals surface area (Å²) in [7, 11) is -3.93. The Balaban J connectivity index is 2.17. The summed E-state index contributed by atoms with van der Waals surface area (Å²) < 4.78 is 30.8. The Hall–Kier alpha value is -0.900. The first-order chi connectivity index (χ1) is 8.73. The molecule has 0 bridgehead atoms. The van der Waals surface area contributed by atoms with Gasteiger partial charge in [0.25, 0.3) is 0 Å². The van der Waals surface area contributed by atoms with Gasteiger partial charge in [0.15, 0.2) is 4.67 Å². The molecule has 1 saturated carbocycles. The molecule has 1 aliphatic carbocycles. The lowest BCUT2D eigenvalue weighted by atomic mass is 9.81. The van der Waals surface area contributed by atoms with E-state index in [2.05, 4.69) is 20.7 Å². The summed E-state index contributed by atoms with van der Waals surface area (Å²) >= 11 is 2.86. The lowest BCUT2D eigenvalue weighted by Crippen LogP contribution is -2.47. The summed E-state index contributed by atoms with van der Waals surface area (Å²) in [5.41, 5.74) is -1.00. The van der Waals surface area contributed by atoms with Crippen molar-refractivity contribution in [3.05, 3.63) is 16.5 Å². The third-order valence-electron chi connectivity index (χ3n) is 3.03. The van der Waals surface area contributed by atoms with Crippen molar-refractivity contribution in [3.63, 3.8) is 0 Å². The Bertz CT molecular complexity index is 604. The van der Waals surface area contributed by atoms with E-state index in [-0.39, 0.29) is 16.1 Å². The molecule has 0 spiro atoms. The number of sulfonamides is 1. The second-order valence-electron chi connectivity index (χ2n) is 4.46. The lowest BCUT2D eigenvalue weighted by molar-refractivity contribution is -0.0271. The zero-order chi connectivity index (χ0) is 14.3. The van der Waals surface area contributed by atoms with Gasteiger partial charge in [0, 0.05) is 12.6 Å². The number of nitrogens with one attached hydrogen (secondary N) is 1. The van der Waals surface area contributed by atoms with Gasteiger partial charge in [-0.05, 0) is 35.2 Å². The van der Waals surface area contributed by atoms with Crippen LogP contribution in [0.25, 0.3) is 0 Å². The molecule has 0 unspecified atom stereocenters. The van der Waals surface area contributed by atoms with Crippen LogP contribution in [0.5, 0.6) is 0 Å². The molecule has 0 saturated heterocycles. The van der Waals surface area contributed by atoms with E-state index in [9.17, 15) is 18.3 Å². The van der Waals surface area contributed by atoms with E-state index in [1.807, 2.05) is 0 Å². The molecule has 1 heterocycles. The lowest BCUT2D eigenvalue weighted by Gasteiger charge is -2.36. The van der Waals surface area contributed by atoms with E-state index >= 15 is 0 Å². The van der Waals surface area contributed by atoms with Gasteiger partial charge in [-0.25, -0.2) is 17.9 Å². The topological polar surface area (TPSA) is 117 Å². The highest BCUT2D eigenvalue weighted by molar-refractivity contribution is 9.10. The average molecular weight is 354 g/mol. The molecule has 0 aliphatic heterocycles. The van der Waals surface area contributed by atoms with Gasteiger partial charge in [0.2, 0.25) is 15.8 Å². The number of carbonyl (C=O) groups is 1. The molecule has 1 aliphatic rings. The second-order valence-corrected chi connectivity index (χ2v) is 6.91. The number of aliphatic hydroxyl groups is 1. The van der Waals surface area contributed by atoms with Crippen LogP contribution in [0.4, 0.5) is 0 Å². The molecule has 7 nitrogen and oxygen atoms in total. The van der Waals surface area contributed by atoms with E-state index in [1.165, 1.54) is 0 Å². The summed E-state index contributed by atoms with van der Waals surface area (Å²) in [4.78, 5) is 10.4. The van der Waals surface area contributed by atoms with Gasteiger partial charge in [0.1, 0.15) is 4.90 Å². The van der Waals surface area contributed by atoms with Crippen molar-refractivity contribution in [2.75, 3.05) is 6.54 Å². The fraction of sp³-hybridized carbons (Fsp3) is 0.500. The van der Waals surface area contributed by atoms with Gasteiger partial charge in [-0.15, -0.1) is 0 Å². The van der Waals surface area contributed by atoms with Crippen molar-refractivity contribution in [3.8, 4) is 0 Å². The maximum absolute atomic E-state index is 12.0. The molecule has 1 aromatic heterocycles. The number of carboxylic acid groups (broad SMARTS) is 1. The third kappa shape index (κ3) is 2.99. The maximum atomic E-state index is 12.0. The van der Waals surface area contributed by atoms with E-state index < -0.39 is 27.4 Å². The van der Waals surface area contributed by atoms with E-state index in [0.717, 1.165) is 12.5 Å². The number of hydrogen-bond donors (Lipinski definition) is 3. The van der Waals surface area contributed by atoms with Gasteiger partial charge in [-0.2, -0.15) is 0 Å². The Morgan fingerprint density at radius 1 is 1.53 bits per heavy atom. The van der Waals surface area contributed by atoms with Crippen molar-refractivity contribution >= 4 is 31.9 Å². The Morgan fingerprint density at radius 2 is 2.16 bits per heavy atom. The first-order valence-corrected chi connectivity index (χ1v) is 7.76. The maximum Gasteiger partial charge on any atom is 0.371 e.